The number of hydrogen-bond donors (Lipinski definition) is 8. The highest BCUT2D eigenvalue weighted by Crippen LogP contribution is 2.31. The molecule has 0 radical (unpaired) electrons. The highest BCUT2D eigenvalue weighted by Gasteiger charge is 2.50. The molecule has 0 aromatic heterocycles. The standard InChI is InChI=1S/C20H41N5O7/c1-8(21)12-5-4-9(22)18(30-12)31-15-10(23)6-11(24)16(13(15)26)32-19-14(27)17(25-3)20(2,28)7-29-19/h8-19,25-28H,4-7,21-24H2,1-3H3/t8-,9-,10+,11-,12-,13+,14-,15-,16+,17-,18-,19-,20+/m1/s1. The molecule has 3 aliphatic rings. The van der Waals surface area contributed by atoms with Crippen molar-refractivity contribution >= 4 is 0 Å². The molecule has 3 rings (SSSR count). The van der Waals surface area contributed by atoms with Crippen molar-refractivity contribution in [2.24, 2.45) is 22.9 Å². The van der Waals surface area contributed by atoms with E-state index in [0.717, 1.165) is 6.42 Å². The first-order valence-corrected chi connectivity index (χ1v) is 11.3. The van der Waals surface area contributed by atoms with E-state index in [9.17, 15) is 15.3 Å². The van der Waals surface area contributed by atoms with E-state index in [1.807, 2.05) is 6.92 Å². The molecule has 0 spiro atoms. The van der Waals surface area contributed by atoms with Gasteiger partial charge >= 0.3 is 0 Å². The van der Waals surface area contributed by atoms with Crippen LogP contribution in [0.3, 0.4) is 0 Å². The summed E-state index contributed by atoms with van der Waals surface area (Å²) in [6.45, 7) is 3.34. The lowest BCUT2D eigenvalue weighted by Gasteiger charge is -2.48. The average molecular weight is 464 g/mol. The van der Waals surface area contributed by atoms with Crippen molar-refractivity contribution in [1.29, 1.82) is 0 Å². The van der Waals surface area contributed by atoms with Crippen molar-refractivity contribution in [2.45, 2.75) is 112 Å². The second-order valence-electron chi connectivity index (χ2n) is 9.69. The van der Waals surface area contributed by atoms with Crippen molar-refractivity contribution in [3.63, 3.8) is 0 Å². The maximum Gasteiger partial charge on any atom is 0.185 e. The number of aliphatic hydroxyl groups is 3. The predicted molar refractivity (Wildman–Crippen MR) is 115 cm³/mol. The molecule has 0 amide bonds. The Hall–Kier alpha value is -0.480. The monoisotopic (exact) mass is 463 g/mol. The van der Waals surface area contributed by atoms with Gasteiger partial charge in [-0.25, -0.2) is 0 Å². The number of hydrogen-bond acceptors (Lipinski definition) is 12. The molecule has 188 valence electrons. The molecule has 3 fully saturated rings. The topological polar surface area (TPSA) is 214 Å². The fraction of sp³-hybridized carbons (Fsp3) is 1.00. The molecule has 12 nitrogen and oxygen atoms in total. The zero-order chi connectivity index (χ0) is 23.8. The lowest BCUT2D eigenvalue weighted by Crippen LogP contribution is -2.68. The number of ether oxygens (including phenoxy) is 4. The SMILES string of the molecule is CN[C@@H]1[C@@H](O)[C@@H](O[C@@H]2[C@@H](O)[C@H](O[C@H]3O[C@@H]([C@@H](C)N)CC[C@H]3N)[C@@H](N)C[C@H]2N)OC[C@]1(C)O. The van der Waals surface area contributed by atoms with Gasteiger partial charge in [-0.05, 0) is 40.2 Å². The van der Waals surface area contributed by atoms with Crippen molar-refractivity contribution in [3.05, 3.63) is 0 Å². The van der Waals surface area contributed by atoms with Crippen molar-refractivity contribution in [3.8, 4) is 0 Å². The van der Waals surface area contributed by atoms with Crippen LogP contribution in [0.15, 0.2) is 0 Å². The number of rotatable bonds is 6. The molecule has 1 saturated carbocycles. The Balaban J connectivity index is 1.69. The molecule has 12 heteroatoms. The zero-order valence-corrected chi connectivity index (χ0v) is 19.0. The normalized spacial score (nSPS) is 51.4. The third kappa shape index (κ3) is 5.43. The van der Waals surface area contributed by atoms with Crippen molar-refractivity contribution < 1.29 is 34.3 Å². The van der Waals surface area contributed by atoms with Crippen LogP contribution in [-0.2, 0) is 18.9 Å². The van der Waals surface area contributed by atoms with Crippen LogP contribution in [0.25, 0.3) is 0 Å². The lowest BCUT2D eigenvalue weighted by molar-refractivity contribution is -0.307. The second-order valence-corrected chi connectivity index (χ2v) is 9.69. The Labute approximate surface area is 188 Å². The van der Waals surface area contributed by atoms with Crippen molar-refractivity contribution in [1.82, 2.24) is 5.32 Å². The van der Waals surface area contributed by atoms with Gasteiger partial charge in [0, 0.05) is 18.1 Å². The van der Waals surface area contributed by atoms with Gasteiger partial charge in [-0.15, -0.1) is 0 Å². The van der Waals surface area contributed by atoms with Gasteiger partial charge < -0.3 is 62.5 Å². The molecular weight excluding hydrogens is 422 g/mol. The van der Waals surface area contributed by atoms with Gasteiger partial charge in [-0.2, -0.15) is 0 Å². The Morgan fingerprint density at radius 3 is 2.16 bits per heavy atom. The molecule has 32 heavy (non-hydrogen) atoms. The molecule has 2 saturated heterocycles. The van der Waals surface area contributed by atoms with E-state index in [2.05, 4.69) is 5.32 Å². The third-order valence-electron chi connectivity index (χ3n) is 6.81. The van der Waals surface area contributed by atoms with Gasteiger partial charge in [0.05, 0.1) is 24.8 Å². The summed E-state index contributed by atoms with van der Waals surface area (Å²) in [6, 6.07) is -2.47. The van der Waals surface area contributed by atoms with Crippen LogP contribution in [0.5, 0.6) is 0 Å². The summed E-state index contributed by atoms with van der Waals surface area (Å²) in [5.41, 5.74) is 23.3. The number of nitrogens with one attached hydrogen (secondary N) is 1. The van der Waals surface area contributed by atoms with E-state index < -0.39 is 60.7 Å². The minimum atomic E-state index is -1.29. The summed E-state index contributed by atoms with van der Waals surface area (Å²) in [4.78, 5) is 0. The molecule has 2 aliphatic heterocycles. The van der Waals surface area contributed by atoms with Crippen LogP contribution in [0, 0.1) is 0 Å². The van der Waals surface area contributed by atoms with Crippen LogP contribution in [0.2, 0.25) is 0 Å². The molecule has 12 N–H and O–H groups in total. The quantitative estimate of drug-likeness (QED) is 0.192. The van der Waals surface area contributed by atoms with E-state index in [-0.39, 0.29) is 24.8 Å². The minimum Gasteiger partial charge on any atom is -0.388 e. The highest BCUT2D eigenvalue weighted by atomic mass is 16.7. The summed E-state index contributed by atoms with van der Waals surface area (Å²) in [7, 11) is 1.62. The largest absolute Gasteiger partial charge is 0.388 e. The average Bonchev–Trinajstić information content (AvgIpc) is 2.71. The first-order valence-electron chi connectivity index (χ1n) is 11.3. The van der Waals surface area contributed by atoms with Gasteiger partial charge in [-0.1, -0.05) is 0 Å². The number of aliphatic hydroxyl groups excluding tert-OH is 2. The molecule has 1 aliphatic carbocycles. The van der Waals surface area contributed by atoms with Crippen LogP contribution in [0.4, 0.5) is 0 Å². The van der Waals surface area contributed by atoms with E-state index in [0.29, 0.717) is 12.8 Å². The zero-order valence-electron chi connectivity index (χ0n) is 19.0. The minimum absolute atomic E-state index is 0.0683. The second kappa shape index (κ2) is 10.4. The maximum atomic E-state index is 11.1. The summed E-state index contributed by atoms with van der Waals surface area (Å²) in [5, 5.41) is 35.0. The smallest absolute Gasteiger partial charge is 0.185 e. The molecule has 2 heterocycles. The summed E-state index contributed by atoms with van der Waals surface area (Å²) in [5.74, 6) is 0. The van der Waals surface area contributed by atoms with Gasteiger partial charge in [0.25, 0.3) is 0 Å². The van der Waals surface area contributed by atoms with Gasteiger partial charge in [0.15, 0.2) is 12.6 Å². The Bertz CT molecular complexity index is 615. The summed E-state index contributed by atoms with van der Waals surface area (Å²) < 4.78 is 23.4. The molecule has 0 aromatic rings. The highest BCUT2D eigenvalue weighted by molar-refractivity contribution is 5.02. The van der Waals surface area contributed by atoms with Gasteiger partial charge in [0.1, 0.15) is 30.0 Å². The maximum absolute atomic E-state index is 11.1. The van der Waals surface area contributed by atoms with Crippen LogP contribution >= 0.6 is 0 Å². The molecule has 0 bridgehead atoms. The molecular formula is C20H41N5O7. The Morgan fingerprint density at radius 1 is 1.00 bits per heavy atom. The Kier molecular flexibility index (Phi) is 8.51. The third-order valence-corrected chi connectivity index (χ3v) is 6.81. The summed E-state index contributed by atoms with van der Waals surface area (Å²) in [6.07, 6.45) is -4.58. The van der Waals surface area contributed by atoms with Gasteiger partial charge in [-0.3, -0.25) is 0 Å². The first-order chi connectivity index (χ1) is 15.0. The van der Waals surface area contributed by atoms with E-state index >= 15 is 0 Å². The van der Waals surface area contributed by atoms with Crippen molar-refractivity contribution in [2.75, 3.05) is 13.7 Å². The van der Waals surface area contributed by atoms with Gasteiger partial charge in [0.2, 0.25) is 0 Å². The number of nitrogens with two attached hydrogens (primary N) is 4. The molecule has 0 unspecified atom stereocenters. The Morgan fingerprint density at radius 2 is 1.59 bits per heavy atom. The first kappa shape index (κ1) is 26.1. The fourth-order valence-electron chi connectivity index (χ4n) is 4.87. The summed E-state index contributed by atoms with van der Waals surface area (Å²) >= 11 is 0. The lowest BCUT2D eigenvalue weighted by atomic mass is 9.84. The van der Waals surface area contributed by atoms with E-state index in [1.165, 1.54) is 0 Å². The van der Waals surface area contributed by atoms with Crippen LogP contribution in [-0.4, -0.2) is 108 Å². The van der Waals surface area contributed by atoms with Crippen LogP contribution in [0.1, 0.15) is 33.1 Å². The predicted octanol–water partition coefficient (Wildman–Crippen LogP) is -3.59. The van der Waals surface area contributed by atoms with E-state index in [1.54, 1.807) is 14.0 Å². The van der Waals surface area contributed by atoms with Crippen LogP contribution < -0.4 is 28.3 Å². The molecule has 13 atom stereocenters. The van der Waals surface area contributed by atoms with E-state index in [4.69, 9.17) is 41.9 Å². The molecule has 0 aromatic carbocycles. The fourth-order valence-corrected chi connectivity index (χ4v) is 4.87. The number of likely N-dealkylation sites (N-methyl/N-ethyl adjacent to an activating group) is 1.